The van der Waals surface area contributed by atoms with E-state index in [-0.39, 0.29) is 6.54 Å². The molecule has 0 saturated carbocycles. The van der Waals surface area contributed by atoms with Gasteiger partial charge in [0.25, 0.3) is 0 Å². The summed E-state index contributed by atoms with van der Waals surface area (Å²) >= 11 is 0. The molecule has 0 aromatic heterocycles. The van der Waals surface area contributed by atoms with Gasteiger partial charge in [0.05, 0.1) is 6.54 Å². The lowest BCUT2D eigenvalue weighted by atomic mass is 10.1. The molecular formula is C6H9N3O. The van der Waals surface area contributed by atoms with E-state index in [2.05, 4.69) is 21.9 Å². The average Bonchev–Trinajstić information content (AvgIpc) is 1.84. The van der Waals surface area contributed by atoms with E-state index in [9.17, 15) is 5.11 Å². The average molecular weight is 139 g/mol. The molecule has 0 saturated heterocycles. The summed E-state index contributed by atoms with van der Waals surface area (Å²) in [4.78, 5) is 2.50. The molecule has 0 heterocycles. The fraction of sp³-hybridized carbons (Fsp3) is 0.667. The molecule has 0 aromatic rings. The second-order valence-electron chi connectivity index (χ2n) is 2.04. The molecule has 0 bridgehead atoms. The first-order valence-electron chi connectivity index (χ1n) is 2.79. The minimum atomic E-state index is -1.18. The van der Waals surface area contributed by atoms with Crippen molar-refractivity contribution in [3.63, 3.8) is 0 Å². The van der Waals surface area contributed by atoms with Crippen LogP contribution in [0.2, 0.25) is 0 Å². The first kappa shape index (κ1) is 8.83. The van der Waals surface area contributed by atoms with Gasteiger partial charge in [-0.05, 0) is 19.4 Å². The van der Waals surface area contributed by atoms with E-state index in [0.717, 1.165) is 0 Å². The Morgan fingerprint density at radius 1 is 1.80 bits per heavy atom. The quantitative estimate of drug-likeness (QED) is 0.264. The third-order valence-corrected chi connectivity index (χ3v) is 0.836. The van der Waals surface area contributed by atoms with Crippen molar-refractivity contribution < 1.29 is 5.11 Å². The summed E-state index contributed by atoms with van der Waals surface area (Å²) in [5.41, 5.74) is 6.72. The first-order chi connectivity index (χ1) is 4.62. The van der Waals surface area contributed by atoms with Crippen molar-refractivity contribution in [2.45, 2.75) is 19.4 Å². The summed E-state index contributed by atoms with van der Waals surface area (Å²) in [6.45, 7) is 3.10. The molecule has 0 fully saturated rings. The molecule has 0 aliphatic heterocycles. The van der Waals surface area contributed by atoms with Crippen LogP contribution in [0.4, 0.5) is 0 Å². The van der Waals surface area contributed by atoms with Gasteiger partial charge in [0, 0.05) is 4.91 Å². The van der Waals surface area contributed by atoms with Crippen molar-refractivity contribution in [3.05, 3.63) is 10.4 Å². The number of hydrogen-bond acceptors (Lipinski definition) is 2. The van der Waals surface area contributed by atoms with E-state index in [1.165, 1.54) is 6.92 Å². The molecule has 4 heteroatoms. The fourth-order valence-electron chi connectivity index (χ4n) is 0.478. The van der Waals surface area contributed by atoms with E-state index >= 15 is 0 Å². The molecule has 0 radical (unpaired) electrons. The summed E-state index contributed by atoms with van der Waals surface area (Å²) in [6, 6.07) is 0. The number of rotatable bonds is 2. The second-order valence-corrected chi connectivity index (χ2v) is 2.04. The number of hydrogen-bond donors (Lipinski definition) is 1. The van der Waals surface area contributed by atoms with Gasteiger partial charge in [-0.25, -0.2) is 0 Å². The Hall–Kier alpha value is -1.17. The topological polar surface area (TPSA) is 69.0 Å². The molecular weight excluding hydrogens is 130 g/mol. The number of nitrogens with zero attached hydrogens (tertiary/aromatic N) is 3. The molecule has 0 amide bonds. The number of aliphatic hydroxyl groups is 1. The zero-order valence-corrected chi connectivity index (χ0v) is 6.00. The van der Waals surface area contributed by atoms with Crippen LogP contribution in [0.15, 0.2) is 5.11 Å². The lowest BCUT2D eigenvalue weighted by molar-refractivity contribution is 0.131. The highest BCUT2D eigenvalue weighted by Crippen LogP contribution is 2.00. The van der Waals surface area contributed by atoms with Gasteiger partial charge >= 0.3 is 0 Å². The zero-order valence-electron chi connectivity index (χ0n) is 6.00. The summed E-state index contributed by atoms with van der Waals surface area (Å²) in [6.07, 6.45) is 0. The maximum Gasteiger partial charge on any atom is 0.128 e. The molecule has 4 nitrogen and oxygen atoms in total. The Labute approximate surface area is 59.5 Å². The van der Waals surface area contributed by atoms with Crippen molar-refractivity contribution in [2.24, 2.45) is 5.11 Å². The van der Waals surface area contributed by atoms with Gasteiger partial charge in [0.15, 0.2) is 0 Å². The van der Waals surface area contributed by atoms with Crippen molar-refractivity contribution in [1.29, 1.82) is 0 Å². The molecule has 10 heavy (non-hydrogen) atoms. The Balaban J connectivity index is 4.07. The van der Waals surface area contributed by atoms with Gasteiger partial charge < -0.3 is 5.11 Å². The third kappa shape index (κ3) is 3.79. The minimum absolute atomic E-state index is 0.00958. The van der Waals surface area contributed by atoms with Crippen LogP contribution in [0.3, 0.4) is 0 Å². The molecule has 54 valence electrons. The summed E-state index contributed by atoms with van der Waals surface area (Å²) in [5.74, 6) is 5.03. The summed E-state index contributed by atoms with van der Waals surface area (Å²) in [7, 11) is 0. The standard InChI is InChI=1S/C6H9N3O/c1-3-4-6(2,10)5-8-9-7/h10H,5H2,1-2H3. The molecule has 0 spiro atoms. The van der Waals surface area contributed by atoms with Gasteiger partial charge in [-0.15, -0.1) is 5.92 Å². The predicted octanol–water partition coefficient (Wildman–Crippen LogP) is 1.07. The highest BCUT2D eigenvalue weighted by molar-refractivity contribution is 5.11. The Morgan fingerprint density at radius 2 is 2.40 bits per heavy atom. The van der Waals surface area contributed by atoms with Gasteiger partial charge in [0.1, 0.15) is 5.60 Å². The van der Waals surface area contributed by atoms with Crippen molar-refractivity contribution in [1.82, 2.24) is 0 Å². The van der Waals surface area contributed by atoms with Crippen LogP contribution < -0.4 is 0 Å². The summed E-state index contributed by atoms with van der Waals surface area (Å²) < 4.78 is 0. The number of azide groups is 1. The van der Waals surface area contributed by atoms with E-state index in [1.54, 1.807) is 6.92 Å². The molecule has 1 atom stereocenters. The van der Waals surface area contributed by atoms with Crippen LogP contribution >= 0.6 is 0 Å². The van der Waals surface area contributed by atoms with Crippen molar-refractivity contribution >= 4 is 0 Å². The Bertz CT molecular complexity index is 205. The third-order valence-electron chi connectivity index (χ3n) is 0.836. The van der Waals surface area contributed by atoms with Crippen LogP contribution in [-0.2, 0) is 0 Å². The Kier molecular flexibility index (Phi) is 3.34. The molecule has 0 aromatic carbocycles. The van der Waals surface area contributed by atoms with Gasteiger partial charge in [-0.3, -0.25) is 0 Å². The normalized spacial score (nSPS) is 13.9. The van der Waals surface area contributed by atoms with Gasteiger partial charge in [0.2, 0.25) is 0 Å². The van der Waals surface area contributed by atoms with E-state index in [0.29, 0.717) is 0 Å². The molecule has 0 aliphatic rings. The Morgan fingerprint density at radius 3 is 2.80 bits per heavy atom. The smallest absolute Gasteiger partial charge is 0.128 e. The van der Waals surface area contributed by atoms with Gasteiger partial charge in [-0.2, -0.15) is 0 Å². The zero-order chi connectivity index (χ0) is 8.04. The predicted molar refractivity (Wildman–Crippen MR) is 38.1 cm³/mol. The molecule has 0 aliphatic carbocycles. The lowest BCUT2D eigenvalue weighted by Gasteiger charge is -2.10. The highest BCUT2D eigenvalue weighted by Gasteiger charge is 2.13. The van der Waals surface area contributed by atoms with Crippen LogP contribution in [0.5, 0.6) is 0 Å². The van der Waals surface area contributed by atoms with Gasteiger partial charge in [-0.1, -0.05) is 11.0 Å². The van der Waals surface area contributed by atoms with Crippen LogP contribution in [0, 0.1) is 11.8 Å². The molecule has 0 rings (SSSR count). The molecule has 1 unspecified atom stereocenters. The van der Waals surface area contributed by atoms with Crippen molar-refractivity contribution in [2.75, 3.05) is 6.54 Å². The maximum atomic E-state index is 9.21. The highest BCUT2D eigenvalue weighted by atomic mass is 16.3. The molecule has 1 N–H and O–H groups in total. The largest absolute Gasteiger partial charge is 0.378 e. The van der Waals surface area contributed by atoms with E-state index < -0.39 is 5.60 Å². The monoisotopic (exact) mass is 139 g/mol. The van der Waals surface area contributed by atoms with Crippen LogP contribution in [0.25, 0.3) is 10.4 Å². The fourth-order valence-corrected chi connectivity index (χ4v) is 0.478. The van der Waals surface area contributed by atoms with E-state index in [1.807, 2.05) is 0 Å². The summed E-state index contributed by atoms with van der Waals surface area (Å²) in [5, 5.41) is 12.4. The second kappa shape index (κ2) is 3.78. The minimum Gasteiger partial charge on any atom is -0.378 e. The SMILES string of the molecule is CC#CC(C)(O)CN=[N+]=[N-]. The first-order valence-corrected chi connectivity index (χ1v) is 2.79. The lowest BCUT2D eigenvalue weighted by Crippen LogP contribution is -2.25. The van der Waals surface area contributed by atoms with E-state index in [4.69, 9.17) is 5.53 Å². The van der Waals surface area contributed by atoms with Crippen LogP contribution in [0.1, 0.15) is 13.8 Å². The maximum absolute atomic E-state index is 9.21. The van der Waals surface area contributed by atoms with Crippen molar-refractivity contribution in [3.8, 4) is 11.8 Å². The van der Waals surface area contributed by atoms with Crippen LogP contribution in [-0.4, -0.2) is 17.3 Å².